The molecule has 168 valence electrons. The fourth-order valence-corrected chi connectivity index (χ4v) is 5.42. The number of amides is 1. The van der Waals surface area contributed by atoms with Crippen LogP contribution in [-0.4, -0.2) is 45.9 Å². The minimum atomic E-state index is -3.93. The zero-order valence-corrected chi connectivity index (χ0v) is 18.6. The summed E-state index contributed by atoms with van der Waals surface area (Å²) in [6.45, 7) is 2.22. The molecule has 1 amide bonds. The molecule has 0 bridgehead atoms. The van der Waals surface area contributed by atoms with Gasteiger partial charge in [-0.15, -0.1) is 0 Å². The smallest absolute Gasteiger partial charge is 0.246 e. The third-order valence-corrected chi connectivity index (χ3v) is 7.45. The highest BCUT2D eigenvalue weighted by atomic mass is 32.2. The Morgan fingerprint density at radius 3 is 2.39 bits per heavy atom. The van der Waals surface area contributed by atoms with Gasteiger partial charge in [0, 0.05) is 24.6 Å². The molecule has 3 rings (SSSR count). The predicted octanol–water partition coefficient (Wildman–Crippen LogP) is 3.12. The van der Waals surface area contributed by atoms with Crippen molar-refractivity contribution in [2.45, 2.75) is 30.7 Å². The molecule has 0 saturated carbocycles. The van der Waals surface area contributed by atoms with E-state index >= 15 is 0 Å². The van der Waals surface area contributed by atoms with Crippen molar-refractivity contribution < 1.29 is 27.1 Å². The van der Waals surface area contributed by atoms with Crippen molar-refractivity contribution in [3.05, 3.63) is 53.8 Å². The number of nitrogens with one attached hydrogen (secondary N) is 1. The first kappa shape index (κ1) is 23.0. The lowest BCUT2D eigenvalue weighted by Gasteiger charge is -2.31. The summed E-state index contributed by atoms with van der Waals surface area (Å²) in [7, 11) is -1.01. The number of carbonyl (C=O) groups is 1. The minimum absolute atomic E-state index is 0.0897. The number of para-hydroxylation sites is 1. The van der Waals surface area contributed by atoms with E-state index in [0.717, 1.165) is 17.7 Å². The normalized spacial score (nSPS) is 16.5. The zero-order valence-electron chi connectivity index (χ0n) is 17.8. The van der Waals surface area contributed by atoms with Crippen molar-refractivity contribution in [1.82, 2.24) is 9.62 Å². The van der Waals surface area contributed by atoms with Gasteiger partial charge in [-0.2, -0.15) is 4.31 Å². The standard InChI is InChI=1S/C22H27FN2O5S/c1-15(18-6-4-5-7-19(18)29-2)24-22(26)16-10-12-25(13-11-16)31(27,28)21-14-17(23)8-9-20(21)30-3/h4-9,14-16H,10-13H2,1-3H3,(H,24,26)/t15-/m1/s1. The molecule has 2 aromatic carbocycles. The second-order valence-electron chi connectivity index (χ2n) is 7.45. The second kappa shape index (κ2) is 9.65. The van der Waals surface area contributed by atoms with Crippen molar-refractivity contribution in [1.29, 1.82) is 0 Å². The van der Waals surface area contributed by atoms with Gasteiger partial charge < -0.3 is 14.8 Å². The van der Waals surface area contributed by atoms with Gasteiger partial charge in [-0.1, -0.05) is 18.2 Å². The molecule has 0 aromatic heterocycles. The lowest BCUT2D eigenvalue weighted by atomic mass is 9.96. The fraction of sp³-hybridized carbons (Fsp3) is 0.409. The molecule has 0 spiro atoms. The van der Waals surface area contributed by atoms with Gasteiger partial charge in [0.05, 0.1) is 20.3 Å². The monoisotopic (exact) mass is 450 g/mol. The number of rotatable bonds is 7. The van der Waals surface area contributed by atoms with Gasteiger partial charge in [-0.05, 0) is 44.0 Å². The molecular formula is C22H27FN2O5S. The van der Waals surface area contributed by atoms with Crippen LogP contribution in [0.15, 0.2) is 47.4 Å². The van der Waals surface area contributed by atoms with E-state index < -0.39 is 15.8 Å². The second-order valence-corrected chi connectivity index (χ2v) is 9.35. The predicted molar refractivity (Wildman–Crippen MR) is 114 cm³/mol. The van der Waals surface area contributed by atoms with E-state index in [1.165, 1.54) is 17.5 Å². The molecule has 1 saturated heterocycles. The molecule has 0 unspecified atom stereocenters. The number of ether oxygens (including phenoxy) is 2. The summed E-state index contributed by atoms with van der Waals surface area (Å²) in [6, 6.07) is 10.6. The van der Waals surface area contributed by atoms with Crippen LogP contribution in [0.2, 0.25) is 0 Å². The molecular weight excluding hydrogens is 423 g/mol. The van der Waals surface area contributed by atoms with Gasteiger partial charge in [-0.25, -0.2) is 12.8 Å². The van der Waals surface area contributed by atoms with E-state index in [-0.39, 0.29) is 41.6 Å². The van der Waals surface area contributed by atoms with Crippen LogP contribution in [-0.2, 0) is 14.8 Å². The van der Waals surface area contributed by atoms with Gasteiger partial charge in [0.15, 0.2) is 0 Å². The largest absolute Gasteiger partial charge is 0.496 e. The average Bonchev–Trinajstić information content (AvgIpc) is 2.79. The number of benzene rings is 2. The molecule has 0 aliphatic carbocycles. The van der Waals surface area contributed by atoms with E-state index in [4.69, 9.17) is 9.47 Å². The summed E-state index contributed by atoms with van der Waals surface area (Å²) in [5, 5.41) is 3.00. The van der Waals surface area contributed by atoms with E-state index in [2.05, 4.69) is 5.32 Å². The average molecular weight is 451 g/mol. The van der Waals surface area contributed by atoms with E-state index in [9.17, 15) is 17.6 Å². The van der Waals surface area contributed by atoms with Crippen LogP contribution in [0.4, 0.5) is 4.39 Å². The molecule has 1 heterocycles. The van der Waals surface area contributed by atoms with Gasteiger partial charge in [0.25, 0.3) is 0 Å². The van der Waals surface area contributed by atoms with Gasteiger partial charge in [0.2, 0.25) is 15.9 Å². The number of carbonyl (C=O) groups excluding carboxylic acids is 1. The molecule has 1 atom stereocenters. The lowest BCUT2D eigenvalue weighted by Crippen LogP contribution is -2.43. The van der Waals surface area contributed by atoms with Crippen LogP contribution in [0.3, 0.4) is 0 Å². The first-order valence-electron chi connectivity index (χ1n) is 10.0. The third-order valence-electron chi connectivity index (χ3n) is 5.53. The topological polar surface area (TPSA) is 84.9 Å². The fourth-order valence-electron chi connectivity index (χ4n) is 3.78. The Balaban J connectivity index is 1.65. The summed E-state index contributed by atoms with van der Waals surface area (Å²) in [5.41, 5.74) is 0.872. The summed E-state index contributed by atoms with van der Waals surface area (Å²) in [4.78, 5) is 12.6. The molecule has 9 heteroatoms. The molecule has 0 radical (unpaired) electrons. The van der Waals surface area contributed by atoms with Crippen molar-refractivity contribution >= 4 is 15.9 Å². The number of hydrogen-bond donors (Lipinski definition) is 1. The number of halogens is 1. The van der Waals surface area contributed by atoms with Crippen LogP contribution in [0.1, 0.15) is 31.4 Å². The highest BCUT2D eigenvalue weighted by Crippen LogP contribution is 2.31. The number of methoxy groups -OCH3 is 2. The number of sulfonamides is 1. The zero-order chi connectivity index (χ0) is 22.6. The summed E-state index contributed by atoms with van der Waals surface area (Å²) in [5.74, 6) is -0.303. The van der Waals surface area contributed by atoms with E-state index in [0.29, 0.717) is 18.6 Å². The highest BCUT2D eigenvalue weighted by molar-refractivity contribution is 7.89. The molecule has 1 N–H and O–H groups in total. The van der Waals surface area contributed by atoms with Crippen LogP contribution < -0.4 is 14.8 Å². The number of nitrogens with zero attached hydrogens (tertiary/aromatic N) is 1. The summed E-state index contributed by atoms with van der Waals surface area (Å²) >= 11 is 0. The Kier molecular flexibility index (Phi) is 7.17. The van der Waals surface area contributed by atoms with Crippen molar-refractivity contribution in [3.8, 4) is 11.5 Å². The Morgan fingerprint density at radius 2 is 1.74 bits per heavy atom. The molecule has 1 aliphatic rings. The molecule has 1 fully saturated rings. The maximum Gasteiger partial charge on any atom is 0.246 e. The Bertz CT molecular complexity index is 1040. The molecule has 31 heavy (non-hydrogen) atoms. The van der Waals surface area contributed by atoms with Crippen LogP contribution in [0.5, 0.6) is 11.5 Å². The Labute approximate surface area is 182 Å². The Hall–Kier alpha value is -2.65. The molecule has 7 nitrogen and oxygen atoms in total. The van der Waals surface area contributed by atoms with Crippen molar-refractivity contribution in [3.63, 3.8) is 0 Å². The SMILES string of the molecule is COc1ccccc1[C@@H](C)NC(=O)C1CCN(S(=O)(=O)c2cc(F)ccc2OC)CC1. The highest BCUT2D eigenvalue weighted by Gasteiger charge is 2.34. The lowest BCUT2D eigenvalue weighted by molar-refractivity contribution is -0.126. The van der Waals surface area contributed by atoms with Crippen LogP contribution >= 0.6 is 0 Å². The van der Waals surface area contributed by atoms with E-state index in [1.54, 1.807) is 7.11 Å². The molecule has 2 aromatic rings. The van der Waals surface area contributed by atoms with Crippen molar-refractivity contribution in [2.24, 2.45) is 5.92 Å². The Morgan fingerprint density at radius 1 is 1.10 bits per heavy atom. The van der Waals surface area contributed by atoms with Gasteiger partial charge in [-0.3, -0.25) is 4.79 Å². The maximum atomic E-state index is 13.7. The number of piperidine rings is 1. The van der Waals surface area contributed by atoms with E-state index in [1.807, 2.05) is 31.2 Å². The van der Waals surface area contributed by atoms with Crippen LogP contribution in [0, 0.1) is 11.7 Å². The first-order chi connectivity index (χ1) is 14.8. The first-order valence-corrected chi connectivity index (χ1v) is 11.5. The van der Waals surface area contributed by atoms with Gasteiger partial charge in [0.1, 0.15) is 22.2 Å². The summed E-state index contributed by atoms with van der Waals surface area (Å²) < 4.78 is 51.4. The molecule has 1 aliphatic heterocycles. The summed E-state index contributed by atoms with van der Waals surface area (Å²) in [6.07, 6.45) is 0.753. The quantitative estimate of drug-likeness (QED) is 0.701. The maximum absolute atomic E-state index is 13.7. The number of hydrogen-bond acceptors (Lipinski definition) is 5. The van der Waals surface area contributed by atoms with Crippen molar-refractivity contribution in [2.75, 3.05) is 27.3 Å². The van der Waals surface area contributed by atoms with Gasteiger partial charge >= 0.3 is 0 Å². The minimum Gasteiger partial charge on any atom is -0.496 e. The van der Waals surface area contributed by atoms with Crippen LogP contribution in [0.25, 0.3) is 0 Å². The third kappa shape index (κ3) is 4.99.